The van der Waals surface area contributed by atoms with Crippen LogP contribution in [-0.4, -0.2) is 52.3 Å². The maximum absolute atomic E-state index is 10.8. The van der Waals surface area contributed by atoms with Crippen molar-refractivity contribution < 1.29 is 15.0 Å². The van der Waals surface area contributed by atoms with Crippen LogP contribution < -0.4 is 5.32 Å². The number of aromatic nitrogens is 1. The normalized spacial score (nSPS) is 10.8. The monoisotopic (exact) mass is 259 g/mol. The average molecular weight is 259 g/mol. The lowest BCUT2D eigenvalue weighted by Gasteiger charge is -2.18. The van der Waals surface area contributed by atoms with Gasteiger partial charge in [0.25, 0.3) is 0 Å². The number of anilines is 1. The molecule has 0 unspecified atom stereocenters. The lowest BCUT2D eigenvalue weighted by atomic mass is 10.4. The van der Waals surface area contributed by atoms with E-state index in [4.69, 9.17) is 10.2 Å². The molecule has 0 saturated carbocycles. The molecule has 1 rings (SSSR count). The first kappa shape index (κ1) is 14.0. The molecule has 0 saturated heterocycles. The number of nitrogens with zero attached hydrogens (tertiary/aromatic N) is 2. The van der Waals surface area contributed by atoms with Gasteiger partial charge >= 0.3 is 0 Å². The SMILES string of the molecule is CC(=O)Nc1nc(CN(CCO)CCO)cs1. The summed E-state index contributed by atoms with van der Waals surface area (Å²) in [5.41, 5.74) is 0.820. The van der Waals surface area contributed by atoms with Gasteiger partial charge in [-0.1, -0.05) is 0 Å². The predicted octanol–water partition coefficient (Wildman–Crippen LogP) is -0.112. The Balaban J connectivity index is 2.53. The second-order valence-electron chi connectivity index (χ2n) is 3.55. The van der Waals surface area contributed by atoms with Crippen LogP contribution in [0.5, 0.6) is 0 Å². The highest BCUT2D eigenvalue weighted by Gasteiger charge is 2.08. The van der Waals surface area contributed by atoms with E-state index < -0.39 is 0 Å². The van der Waals surface area contributed by atoms with Crippen molar-refractivity contribution in [2.75, 3.05) is 31.6 Å². The fourth-order valence-electron chi connectivity index (χ4n) is 1.37. The molecular formula is C10H17N3O3S. The third kappa shape index (κ3) is 5.22. The van der Waals surface area contributed by atoms with Gasteiger partial charge in [-0.25, -0.2) is 4.98 Å². The van der Waals surface area contributed by atoms with E-state index in [9.17, 15) is 4.79 Å². The van der Waals surface area contributed by atoms with Crippen molar-refractivity contribution in [3.63, 3.8) is 0 Å². The molecule has 1 amide bonds. The number of hydrogen-bond acceptors (Lipinski definition) is 6. The smallest absolute Gasteiger partial charge is 0.223 e. The summed E-state index contributed by atoms with van der Waals surface area (Å²) in [6.07, 6.45) is 0. The Morgan fingerprint density at radius 1 is 1.47 bits per heavy atom. The van der Waals surface area contributed by atoms with Crippen molar-refractivity contribution >= 4 is 22.4 Å². The molecule has 7 heteroatoms. The van der Waals surface area contributed by atoms with Crippen molar-refractivity contribution in [1.82, 2.24) is 9.88 Å². The van der Waals surface area contributed by atoms with Crippen molar-refractivity contribution in [3.8, 4) is 0 Å². The molecule has 0 bridgehead atoms. The Morgan fingerprint density at radius 2 is 2.12 bits per heavy atom. The van der Waals surface area contributed by atoms with E-state index in [1.807, 2.05) is 10.3 Å². The van der Waals surface area contributed by atoms with Gasteiger partial charge in [0.1, 0.15) is 0 Å². The molecule has 0 aliphatic carbocycles. The molecule has 6 nitrogen and oxygen atoms in total. The topological polar surface area (TPSA) is 85.7 Å². The largest absolute Gasteiger partial charge is 0.395 e. The molecule has 0 aromatic carbocycles. The Labute approximate surface area is 104 Å². The zero-order valence-electron chi connectivity index (χ0n) is 9.72. The first-order valence-electron chi connectivity index (χ1n) is 5.31. The minimum absolute atomic E-state index is 0.0443. The molecule has 96 valence electrons. The fourth-order valence-corrected chi connectivity index (χ4v) is 2.12. The Bertz CT molecular complexity index is 350. The molecule has 0 radical (unpaired) electrons. The average Bonchev–Trinajstić information content (AvgIpc) is 2.65. The number of rotatable bonds is 7. The summed E-state index contributed by atoms with van der Waals surface area (Å²) in [6, 6.07) is 0. The van der Waals surface area contributed by atoms with Gasteiger partial charge < -0.3 is 15.5 Å². The van der Waals surface area contributed by atoms with Gasteiger partial charge in [0.05, 0.1) is 18.9 Å². The van der Waals surface area contributed by atoms with Gasteiger partial charge in [-0.3, -0.25) is 9.69 Å². The van der Waals surface area contributed by atoms with Crippen LogP contribution >= 0.6 is 11.3 Å². The number of nitrogens with one attached hydrogen (secondary N) is 1. The number of carbonyl (C=O) groups excluding carboxylic acids is 1. The number of aliphatic hydroxyl groups is 2. The van der Waals surface area contributed by atoms with Crippen molar-refractivity contribution in [2.45, 2.75) is 13.5 Å². The van der Waals surface area contributed by atoms with E-state index in [2.05, 4.69) is 10.3 Å². The van der Waals surface area contributed by atoms with Crippen LogP contribution in [0.2, 0.25) is 0 Å². The molecule has 0 atom stereocenters. The fraction of sp³-hybridized carbons (Fsp3) is 0.600. The number of hydrogen-bond donors (Lipinski definition) is 3. The molecule has 17 heavy (non-hydrogen) atoms. The van der Waals surface area contributed by atoms with Gasteiger partial charge in [0, 0.05) is 31.9 Å². The zero-order valence-corrected chi connectivity index (χ0v) is 10.5. The third-order valence-electron chi connectivity index (χ3n) is 2.05. The quantitative estimate of drug-likeness (QED) is 0.636. The van der Waals surface area contributed by atoms with Crippen LogP contribution in [0.4, 0.5) is 5.13 Å². The Hall–Kier alpha value is -1.02. The molecule has 0 aliphatic heterocycles. The Kier molecular flexibility index (Phi) is 6.06. The predicted molar refractivity (Wildman–Crippen MR) is 65.9 cm³/mol. The van der Waals surface area contributed by atoms with E-state index in [1.165, 1.54) is 18.3 Å². The van der Waals surface area contributed by atoms with Gasteiger partial charge in [0.15, 0.2) is 5.13 Å². The minimum Gasteiger partial charge on any atom is -0.395 e. The van der Waals surface area contributed by atoms with E-state index in [1.54, 1.807) is 0 Å². The summed E-state index contributed by atoms with van der Waals surface area (Å²) in [5.74, 6) is -0.145. The maximum atomic E-state index is 10.8. The highest BCUT2D eigenvalue weighted by atomic mass is 32.1. The molecule has 0 fully saturated rings. The first-order valence-corrected chi connectivity index (χ1v) is 6.19. The van der Waals surface area contributed by atoms with E-state index in [0.717, 1.165) is 5.69 Å². The van der Waals surface area contributed by atoms with E-state index >= 15 is 0 Å². The zero-order chi connectivity index (χ0) is 12.7. The summed E-state index contributed by atoms with van der Waals surface area (Å²) in [7, 11) is 0. The molecule has 3 N–H and O–H groups in total. The van der Waals surface area contributed by atoms with Crippen LogP contribution in [0.25, 0.3) is 0 Å². The molecule has 0 aliphatic rings. The molecule has 1 heterocycles. The van der Waals surface area contributed by atoms with Gasteiger partial charge in [-0.15, -0.1) is 11.3 Å². The summed E-state index contributed by atoms with van der Waals surface area (Å²) in [4.78, 5) is 17.0. The van der Waals surface area contributed by atoms with Crippen LogP contribution in [0.15, 0.2) is 5.38 Å². The number of thiazole rings is 1. The second kappa shape index (κ2) is 7.33. The highest BCUT2D eigenvalue weighted by Crippen LogP contribution is 2.16. The summed E-state index contributed by atoms with van der Waals surface area (Å²) in [5, 5.41) is 22.8. The lowest BCUT2D eigenvalue weighted by molar-refractivity contribution is -0.114. The van der Waals surface area contributed by atoms with Gasteiger partial charge in [-0.05, 0) is 0 Å². The summed E-state index contributed by atoms with van der Waals surface area (Å²) >= 11 is 1.36. The number of aliphatic hydroxyl groups excluding tert-OH is 2. The van der Waals surface area contributed by atoms with Crippen molar-refractivity contribution in [2.24, 2.45) is 0 Å². The van der Waals surface area contributed by atoms with Crippen LogP contribution in [0.1, 0.15) is 12.6 Å². The van der Waals surface area contributed by atoms with Crippen LogP contribution in [-0.2, 0) is 11.3 Å². The molecule has 1 aromatic rings. The standard InChI is InChI=1S/C10H17N3O3S/c1-8(16)11-10-12-9(7-17-10)6-13(2-4-14)3-5-15/h7,14-15H,2-6H2,1H3,(H,11,12,16). The minimum atomic E-state index is -0.145. The third-order valence-corrected chi connectivity index (χ3v) is 2.86. The molecule has 0 spiro atoms. The number of carbonyl (C=O) groups is 1. The summed E-state index contributed by atoms with van der Waals surface area (Å²) in [6.45, 7) is 3.06. The molecular weight excluding hydrogens is 242 g/mol. The van der Waals surface area contributed by atoms with Gasteiger partial charge in [-0.2, -0.15) is 0 Å². The number of amides is 1. The first-order chi connectivity index (χ1) is 8.15. The van der Waals surface area contributed by atoms with Crippen molar-refractivity contribution in [3.05, 3.63) is 11.1 Å². The summed E-state index contributed by atoms with van der Waals surface area (Å²) < 4.78 is 0. The van der Waals surface area contributed by atoms with Crippen LogP contribution in [0, 0.1) is 0 Å². The van der Waals surface area contributed by atoms with Gasteiger partial charge in [0.2, 0.25) is 5.91 Å². The van der Waals surface area contributed by atoms with E-state index in [0.29, 0.717) is 24.8 Å². The Morgan fingerprint density at radius 3 is 2.65 bits per heavy atom. The molecule has 1 aromatic heterocycles. The van der Waals surface area contributed by atoms with Crippen molar-refractivity contribution in [1.29, 1.82) is 0 Å². The maximum Gasteiger partial charge on any atom is 0.223 e. The highest BCUT2D eigenvalue weighted by molar-refractivity contribution is 7.13. The van der Waals surface area contributed by atoms with Crippen LogP contribution in [0.3, 0.4) is 0 Å². The lowest BCUT2D eigenvalue weighted by Crippen LogP contribution is -2.29. The van der Waals surface area contributed by atoms with E-state index in [-0.39, 0.29) is 19.1 Å². The second-order valence-corrected chi connectivity index (χ2v) is 4.41.